The van der Waals surface area contributed by atoms with Crippen LogP contribution in [0.25, 0.3) is 0 Å². The van der Waals surface area contributed by atoms with Gasteiger partial charge in [-0.1, -0.05) is 22.9 Å². The first kappa shape index (κ1) is 13.2. The van der Waals surface area contributed by atoms with Crippen molar-refractivity contribution in [3.63, 3.8) is 0 Å². The van der Waals surface area contributed by atoms with E-state index in [-0.39, 0.29) is 5.38 Å². The van der Waals surface area contributed by atoms with Gasteiger partial charge in [-0.25, -0.2) is 0 Å². The van der Waals surface area contributed by atoms with Crippen LogP contribution in [0.3, 0.4) is 0 Å². The Kier molecular flexibility index (Phi) is 4.37. The van der Waals surface area contributed by atoms with Crippen LogP contribution in [0.2, 0.25) is 0 Å². The molecule has 1 nitrogen and oxygen atoms in total. The van der Waals surface area contributed by atoms with E-state index in [0.29, 0.717) is 12.5 Å². The number of benzene rings is 1. The summed E-state index contributed by atoms with van der Waals surface area (Å²) < 4.78 is 6.72. The Morgan fingerprint density at radius 1 is 1.47 bits per heavy atom. The Bertz CT molecular complexity index is 390. The quantitative estimate of drug-likeness (QED) is 0.680. The zero-order valence-electron chi connectivity index (χ0n) is 10.2. The molecule has 1 fully saturated rings. The molecule has 94 valence electrons. The van der Waals surface area contributed by atoms with Crippen molar-refractivity contribution < 1.29 is 4.74 Å². The van der Waals surface area contributed by atoms with Crippen molar-refractivity contribution in [2.45, 2.75) is 32.1 Å². The largest absolute Gasteiger partial charge is 0.494 e. The maximum atomic E-state index is 6.60. The van der Waals surface area contributed by atoms with Gasteiger partial charge in [0.15, 0.2) is 0 Å². The van der Waals surface area contributed by atoms with Crippen molar-refractivity contribution in [2.24, 2.45) is 11.8 Å². The molecule has 1 saturated carbocycles. The molecule has 0 aliphatic heterocycles. The molecule has 0 N–H and O–H groups in total. The summed E-state index contributed by atoms with van der Waals surface area (Å²) in [6, 6.07) is 6.08. The van der Waals surface area contributed by atoms with Gasteiger partial charge in [0.25, 0.3) is 0 Å². The van der Waals surface area contributed by atoms with E-state index in [0.717, 1.165) is 21.7 Å². The molecular formula is C14H18BrClO. The first-order chi connectivity index (χ1) is 8.13. The lowest BCUT2D eigenvalue weighted by atomic mass is 9.95. The monoisotopic (exact) mass is 316 g/mol. The molecule has 1 aliphatic carbocycles. The first-order valence-corrected chi connectivity index (χ1v) is 7.42. The van der Waals surface area contributed by atoms with Crippen molar-refractivity contribution in [2.75, 3.05) is 6.61 Å². The molecule has 0 amide bonds. The molecule has 17 heavy (non-hydrogen) atoms. The zero-order valence-corrected chi connectivity index (χ0v) is 12.6. The van der Waals surface area contributed by atoms with Crippen LogP contribution in [0.4, 0.5) is 0 Å². The van der Waals surface area contributed by atoms with Crippen LogP contribution in [0.5, 0.6) is 5.75 Å². The minimum atomic E-state index is 0.0431. The van der Waals surface area contributed by atoms with Gasteiger partial charge in [-0.15, -0.1) is 11.6 Å². The summed E-state index contributed by atoms with van der Waals surface area (Å²) in [6.07, 6.45) is 2.64. The third-order valence-electron chi connectivity index (χ3n) is 3.40. The second kappa shape index (κ2) is 5.62. The highest BCUT2D eigenvalue weighted by atomic mass is 79.9. The maximum absolute atomic E-state index is 6.60. The summed E-state index contributed by atoms with van der Waals surface area (Å²) in [7, 11) is 0. The van der Waals surface area contributed by atoms with Gasteiger partial charge in [-0.2, -0.15) is 0 Å². The van der Waals surface area contributed by atoms with Gasteiger partial charge in [0.05, 0.1) is 12.0 Å². The Hall–Kier alpha value is -0.210. The Morgan fingerprint density at radius 3 is 2.76 bits per heavy atom. The molecule has 3 heteroatoms. The lowest BCUT2D eigenvalue weighted by molar-refractivity contribution is 0.332. The minimum absolute atomic E-state index is 0.0431. The van der Waals surface area contributed by atoms with Crippen LogP contribution in [0, 0.1) is 11.8 Å². The predicted octanol–water partition coefficient (Wildman–Crippen LogP) is 5.17. The number of halogens is 2. The van der Waals surface area contributed by atoms with E-state index >= 15 is 0 Å². The van der Waals surface area contributed by atoms with Crippen molar-refractivity contribution in [1.29, 1.82) is 0 Å². The van der Waals surface area contributed by atoms with E-state index in [4.69, 9.17) is 16.3 Å². The standard InChI is InChI=1S/C14H18BrClO/c1-3-17-13-7-6-11(15)8-12(13)14(16)9(2)10-4-5-10/h6-10,14H,3-5H2,1-2H3. The van der Waals surface area contributed by atoms with E-state index in [1.165, 1.54) is 12.8 Å². The minimum Gasteiger partial charge on any atom is -0.494 e. The maximum Gasteiger partial charge on any atom is 0.124 e. The molecule has 2 rings (SSSR count). The molecular weight excluding hydrogens is 300 g/mol. The summed E-state index contributed by atoms with van der Waals surface area (Å²) in [5, 5.41) is 0.0431. The summed E-state index contributed by atoms with van der Waals surface area (Å²) in [5.74, 6) is 2.24. The smallest absolute Gasteiger partial charge is 0.124 e. The van der Waals surface area contributed by atoms with E-state index < -0.39 is 0 Å². The van der Waals surface area contributed by atoms with Crippen LogP contribution in [0.15, 0.2) is 22.7 Å². The van der Waals surface area contributed by atoms with Gasteiger partial charge in [0, 0.05) is 10.0 Å². The zero-order chi connectivity index (χ0) is 12.4. The summed E-state index contributed by atoms with van der Waals surface area (Å²) in [5.41, 5.74) is 1.11. The van der Waals surface area contributed by atoms with Crippen LogP contribution < -0.4 is 4.74 Å². The summed E-state index contributed by atoms with van der Waals surface area (Å²) in [6.45, 7) is 4.92. The lowest BCUT2D eigenvalue weighted by Gasteiger charge is -2.21. The molecule has 0 spiro atoms. The summed E-state index contributed by atoms with van der Waals surface area (Å²) in [4.78, 5) is 0. The Balaban J connectivity index is 2.24. The highest BCUT2D eigenvalue weighted by Crippen LogP contribution is 2.47. The van der Waals surface area contributed by atoms with Gasteiger partial charge < -0.3 is 4.74 Å². The average molecular weight is 318 g/mol. The van der Waals surface area contributed by atoms with Crippen LogP contribution in [0.1, 0.15) is 37.6 Å². The molecule has 2 atom stereocenters. The predicted molar refractivity (Wildman–Crippen MR) is 75.8 cm³/mol. The summed E-state index contributed by atoms with van der Waals surface area (Å²) >= 11 is 10.1. The molecule has 1 aromatic carbocycles. The topological polar surface area (TPSA) is 9.23 Å². The second-order valence-electron chi connectivity index (χ2n) is 4.71. The third kappa shape index (κ3) is 3.17. The van der Waals surface area contributed by atoms with Crippen molar-refractivity contribution in [1.82, 2.24) is 0 Å². The van der Waals surface area contributed by atoms with E-state index in [1.54, 1.807) is 0 Å². The Morgan fingerprint density at radius 2 is 2.18 bits per heavy atom. The van der Waals surface area contributed by atoms with Crippen molar-refractivity contribution in [3.8, 4) is 5.75 Å². The fraction of sp³-hybridized carbons (Fsp3) is 0.571. The van der Waals surface area contributed by atoms with Gasteiger partial charge >= 0.3 is 0 Å². The molecule has 2 unspecified atom stereocenters. The number of hydrogen-bond donors (Lipinski definition) is 0. The van der Waals surface area contributed by atoms with Crippen molar-refractivity contribution >= 4 is 27.5 Å². The van der Waals surface area contributed by atoms with Crippen molar-refractivity contribution in [3.05, 3.63) is 28.2 Å². The highest BCUT2D eigenvalue weighted by molar-refractivity contribution is 9.10. The van der Waals surface area contributed by atoms with Crippen LogP contribution in [-0.4, -0.2) is 6.61 Å². The van der Waals surface area contributed by atoms with Gasteiger partial charge in [-0.05, 0) is 49.8 Å². The first-order valence-electron chi connectivity index (χ1n) is 6.19. The van der Waals surface area contributed by atoms with Crippen LogP contribution >= 0.6 is 27.5 Å². The number of alkyl halides is 1. The number of rotatable bonds is 5. The molecule has 1 aliphatic rings. The SMILES string of the molecule is CCOc1ccc(Br)cc1C(Cl)C(C)C1CC1. The molecule has 0 radical (unpaired) electrons. The van der Waals surface area contributed by atoms with Crippen LogP contribution in [-0.2, 0) is 0 Å². The van der Waals surface area contributed by atoms with E-state index in [1.807, 2.05) is 19.1 Å². The molecule has 0 aromatic heterocycles. The molecule has 1 aromatic rings. The lowest BCUT2D eigenvalue weighted by Crippen LogP contribution is -2.08. The Labute approximate surface area is 117 Å². The average Bonchev–Trinajstić information content (AvgIpc) is 3.14. The highest BCUT2D eigenvalue weighted by Gasteiger charge is 2.34. The van der Waals surface area contributed by atoms with Gasteiger partial charge in [0.1, 0.15) is 5.75 Å². The third-order valence-corrected chi connectivity index (χ3v) is 4.52. The fourth-order valence-electron chi connectivity index (χ4n) is 2.17. The molecule has 0 saturated heterocycles. The second-order valence-corrected chi connectivity index (χ2v) is 6.10. The normalized spacial score (nSPS) is 18.8. The number of ether oxygens (including phenoxy) is 1. The van der Waals surface area contributed by atoms with E-state index in [2.05, 4.69) is 28.9 Å². The molecule has 0 bridgehead atoms. The number of hydrogen-bond acceptors (Lipinski definition) is 1. The van der Waals surface area contributed by atoms with Gasteiger partial charge in [-0.3, -0.25) is 0 Å². The fourth-order valence-corrected chi connectivity index (χ4v) is 2.92. The van der Waals surface area contributed by atoms with E-state index in [9.17, 15) is 0 Å². The van der Waals surface area contributed by atoms with Gasteiger partial charge in [0.2, 0.25) is 0 Å². The molecule has 0 heterocycles.